The van der Waals surface area contributed by atoms with Crippen molar-refractivity contribution in [3.8, 4) is 0 Å². The van der Waals surface area contributed by atoms with Crippen molar-refractivity contribution in [2.75, 3.05) is 0 Å². The summed E-state index contributed by atoms with van der Waals surface area (Å²) >= 11 is 0. The van der Waals surface area contributed by atoms with Gasteiger partial charge in [0, 0.05) is 6.32 Å². The molecule has 0 aromatic carbocycles. The van der Waals surface area contributed by atoms with Crippen molar-refractivity contribution in [3.63, 3.8) is 0 Å². The van der Waals surface area contributed by atoms with Crippen LogP contribution in [0.15, 0.2) is 12.7 Å². The molecule has 2 nitrogen and oxygen atoms in total. The van der Waals surface area contributed by atoms with Crippen LogP contribution in [0.5, 0.6) is 0 Å². The lowest BCUT2D eigenvalue weighted by Gasteiger charge is -2.35. The van der Waals surface area contributed by atoms with E-state index in [0.29, 0.717) is 0 Å². The number of rotatable bonds is 3. The smallest absolute Gasteiger partial charge is 0.403 e. The molecule has 0 aromatic heterocycles. The van der Waals surface area contributed by atoms with Crippen LogP contribution in [0.3, 0.4) is 0 Å². The maximum atomic E-state index is 5.86. The molecular weight excluding hydrogens is 163 g/mol. The maximum Gasteiger partial charge on any atom is 0.461 e. The highest BCUT2D eigenvalue weighted by Crippen LogP contribution is 2.40. The Kier molecular flexibility index (Phi) is 2.88. The molecule has 1 atom stereocenters. The second kappa shape index (κ2) is 3.47. The van der Waals surface area contributed by atoms with E-state index in [0.717, 1.165) is 12.7 Å². The van der Waals surface area contributed by atoms with Crippen LogP contribution in [0.2, 0.25) is 6.32 Å². The molecule has 0 saturated carbocycles. The molecule has 74 valence electrons. The van der Waals surface area contributed by atoms with Gasteiger partial charge in [0.1, 0.15) is 0 Å². The predicted octanol–water partition coefficient (Wildman–Crippen LogP) is 2.65. The summed E-state index contributed by atoms with van der Waals surface area (Å²) in [5.41, 5.74) is -0.365. The van der Waals surface area contributed by atoms with Crippen molar-refractivity contribution in [2.45, 2.75) is 51.6 Å². The topological polar surface area (TPSA) is 18.5 Å². The molecule has 1 aliphatic heterocycles. The summed E-state index contributed by atoms with van der Waals surface area (Å²) in [5, 5.41) is 0. The average Bonchev–Trinajstić information content (AvgIpc) is 2.24. The van der Waals surface area contributed by atoms with Gasteiger partial charge in [0.15, 0.2) is 0 Å². The highest BCUT2D eigenvalue weighted by molar-refractivity contribution is 6.46. The van der Waals surface area contributed by atoms with Gasteiger partial charge in [-0.25, -0.2) is 0 Å². The molecule has 0 N–H and O–H groups in total. The third kappa shape index (κ3) is 1.81. The van der Waals surface area contributed by atoms with E-state index >= 15 is 0 Å². The summed E-state index contributed by atoms with van der Waals surface area (Å²) in [5.74, 6) is 0. The molecule has 1 fully saturated rings. The fourth-order valence-corrected chi connectivity index (χ4v) is 1.65. The third-order valence-corrected chi connectivity index (χ3v) is 3.12. The van der Waals surface area contributed by atoms with Crippen LogP contribution in [-0.4, -0.2) is 18.3 Å². The summed E-state index contributed by atoms with van der Waals surface area (Å²) in [4.78, 5) is 0. The van der Waals surface area contributed by atoms with E-state index in [-0.39, 0.29) is 18.3 Å². The Hall–Kier alpha value is -0.275. The van der Waals surface area contributed by atoms with Gasteiger partial charge in [0.2, 0.25) is 0 Å². The van der Waals surface area contributed by atoms with E-state index < -0.39 is 0 Å². The van der Waals surface area contributed by atoms with Crippen LogP contribution in [0.25, 0.3) is 0 Å². The molecule has 0 bridgehead atoms. The van der Waals surface area contributed by atoms with Gasteiger partial charge in [0.25, 0.3) is 0 Å². The van der Waals surface area contributed by atoms with E-state index in [1.165, 1.54) is 0 Å². The van der Waals surface area contributed by atoms with Crippen LogP contribution in [0, 0.1) is 0 Å². The minimum Gasteiger partial charge on any atom is -0.403 e. The van der Waals surface area contributed by atoms with Crippen molar-refractivity contribution in [1.82, 2.24) is 0 Å². The van der Waals surface area contributed by atoms with Crippen LogP contribution in [0.4, 0.5) is 0 Å². The van der Waals surface area contributed by atoms with E-state index in [4.69, 9.17) is 9.31 Å². The quantitative estimate of drug-likeness (QED) is 0.493. The Bertz CT molecular complexity index is 203. The van der Waals surface area contributed by atoms with Gasteiger partial charge < -0.3 is 9.31 Å². The molecule has 0 aromatic rings. The summed E-state index contributed by atoms with van der Waals surface area (Å²) in [6, 6.07) is 0. The second-order valence-electron chi connectivity index (χ2n) is 4.28. The zero-order valence-electron chi connectivity index (χ0n) is 9.09. The predicted molar refractivity (Wildman–Crippen MR) is 55.7 cm³/mol. The molecule has 13 heavy (non-hydrogen) atoms. The molecule has 0 radical (unpaired) electrons. The molecule has 3 heteroatoms. The average molecular weight is 182 g/mol. The number of hydrogen-bond acceptors (Lipinski definition) is 2. The lowest BCUT2D eigenvalue weighted by atomic mass is 9.85. The monoisotopic (exact) mass is 182 g/mol. The Labute approximate surface area is 81.4 Å². The minimum absolute atomic E-state index is 0.113. The van der Waals surface area contributed by atoms with E-state index in [2.05, 4.69) is 34.3 Å². The third-order valence-electron chi connectivity index (χ3n) is 3.12. The highest BCUT2D eigenvalue weighted by Gasteiger charge is 2.52. The zero-order chi connectivity index (χ0) is 10.1. The van der Waals surface area contributed by atoms with Gasteiger partial charge in [-0.1, -0.05) is 13.0 Å². The molecule has 1 saturated heterocycles. The van der Waals surface area contributed by atoms with Crippen molar-refractivity contribution in [2.24, 2.45) is 0 Å². The molecule has 1 heterocycles. The Balaban J connectivity index is 2.73. The van der Waals surface area contributed by atoms with E-state index in [9.17, 15) is 0 Å². The first-order valence-corrected chi connectivity index (χ1v) is 4.92. The number of hydrogen-bond donors (Lipinski definition) is 0. The van der Waals surface area contributed by atoms with Gasteiger partial charge >= 0.3 is 7.12 Å². The molecule has 0 aliphatic carbocycles. The van der Waals surface area contributed by atoms with Gasteiger partial charge in [0.05, 0.1) is 11.2 Å². The van der Waals surface area contributed by atoms with Crippen molar-refractivity contribution in [1.29, 1.82) is 0 Å². The standard InChI is InChI=1S/C10H19BO2/c1-6-8-11-12-9(3,4)10(5,7-2)13-11/h6H,1,7-8H2,2-5H3. The molecule has 1 rings (SSSR count). The summed E-state index contributed by atoms with van der Waals surface area (Å²) < 4.78 is 11.7. The minimum atomic E-state index is -0.199. The van der Waals surface area contributed by atoms with Gasteiger partial charge in [-0.15, -0.1) is 6.58 Å². The maximum absolute atomic E-state index is 5.86. The van der Waals surface area contributed by atoms with Crippen molar-refractivity contribution < 1.29 is 9.31 Å². The van der Waals surface area contributed by atoms with Crippen LogP contribution < -0.4 is 0 Å². The van der Waals surface area contributed by atoms with E-state index in [1.54, 1.807) is 0 Å². The van der Waals surface area contributed by atoms with Gasteiger partial charge in [-0.3, -0.25) is 0 Å². The molecular formula is C10H19BO2. The normalized spacial score (nSPS) is 32.2. The summed E-state index contributed by atoms with van der Waals surface area (Å²) in [6.07, 6.45) is 3.56. The second-order valence-corrected chi connectivity index (χ2v) is 4.28. The van der Waals surface area contributed by atoms with Crippen molar-refractivity contribution >= 4 is 7.12 Å². The largest absolute Gasteiger partial charge is 0.461 e. The summed E-state index contributed by atoms with van der Waals surface area (Å²) in [7, 11) is -0.113. The Morgan fingerprint density at radius 2 is 1.92 bits per heavy atom. The highest BCUT2D eigenvalue weighted by atomic mass is 16.7. The molecule has 0 amide bonds. The first kappa shape index (κ1) is 10.8. The molecule has 1 unspecified atom stereocenters. The molecule has 0 spiro atoms. The Morgan fingerprint density at radius 3 is 2.31 bits per heavy atom. The fourth-order valence-electron chi connectivity index (χ4n) is 1.65. The number of allylic oxidation sites excluding steroid dienone is 1. The van der Waals surface area contributed by atoms with Crippen LogP contribution >= 0.6 is 0 Å². The van der Waals surface area contributed by atoms with Crippen LogP contribution in [0.1, 0.15) is 34.1 Å². The SMILES string of the molecule is C=CCB1OC(C)(C)C(C)(CC)O1. The van der Waals surface area contributed by atoms with Crippen molar-refractivity contribution in [3.05, 3.63) is 12.7 Å². The van der Waals surface area contributed by atoms with Crippen LogP contribution in [-0.2, 0) is 9.31 Å². The van der Waals surface area contributed by atoms with Gasteiger partial charge in [-0.2, -0.15) is 0 Å². The lowest BCUT2D eigenvalue weighted by Crippen LogP contribution is -2.44. The fraction of sp³-hybridized carbons (Fsp3) is 0.800. The summed E-state index contributed by atoms with van der Waals surface area (Å²) in [6.45, 7) is 12.1. The first-order chi connectivity index (χ1) is 5.95. The first-order valence-electron chi connectivity index (χ1n) is 4.92. The van der Waals surface area contributed by atoms with Gasteiger partial charge in [-0.05, 0) is 27.2 Å². The Morgan fingerprint density at radius 1 is 1.31 bits per heavy atom. The van der Waals surface area contributed by atoms with E-state index in [1.807, 2.05) is 6.08 Å². The molecule has 1 aliphatic rings. The lowest BCUT2D eigenvalue weighted by molar-refractivity contribution is -0.0118. The zero-order valence-corrected chi connectivity index (χ0v) is 9.09.